The first-order valence-corrected chi connectivity index (χ1v) is 9.57. The highest BCUT2D eigenvalue weighted by Gasteiger charge is 2.51. The second-order valence-corrected chi connectivity index (χ2v) is 8.41. The molecule has 2 aliphatic rings. The van der Waals surface area contributed by atoms with Gasteiger partial charge in [0.1, 0.15) is 0 Å². The number of imide groups is 1. The zero-order valence-corrected chi connectivity index (χ0v) is 16.6. The lowest BCUT2D eigenvalue weighted by Crippen LogP contribution is -2.41. The van der Waals surface area contributed by atoms with Crippen molar-refractivity contribution in [1.29, 1.82) is 0 Å². The Labute approximate surface area is 165 Å². The van der Waals surface area contributed by atoms with Gasteiger partial charge >= 0.3 is 7.12 Å². The second kappa shape index (κ2) is 6.57. The predicted octanol–water partition coefficient (Wildman–Crippen LogP) is 3.03. The summed E-state index contributed by atoms with van der Waals surface area (Å²) in [5, 5.41) is 0. The van der Waals surface area contributed by atoms with Crippen LogP contribution in [0.25, 0.3) is 0 Å². The first kappa shape index (κ1) is 18.9. The van der Waals surface area contributed by atoms with Gasteiger partial charge in [-0.1, -0.05) is 42.5 Å². The summed E-state index contributed by atoms with van der Waals surface area (Å²) in [6.07, 6.45) is 0.196. The Morgan fingerprint density at radius 2 is 1.46 bits per heavy atom. The molecule has 0 radical (unpaired) electrons. The number of amides is 2. The zero-order valence-electron chi connectivity index (χ0n) is 16.6. The van der Waals surface area contributed by atoms with Crippen LogP contribution >= 0.6 is 0 Å². The van der Waals surface area contributed by atoms with Crippen LogP contribution in [0.1, 0.15) is 45.6 Å². The van der Waals surface area contributed by atoms with Gasteiger partial charge in [0, 0.05) is 6.42 Å². The monoisotopic (exact) mass is 377 g/mol. The summed E-state index contributed by atoms with van der Waals surface area (Å²) < 4.78 is 12.1. The van der Waals surface area contributed by atoms with Crippen molar-refractivity contribution >= 4 is 30.1 Å². The van der Waals surface area contributed by atoms with E-state index in [9.17, 15) is 9.59 Å². The van der Waals surface area contributed by atoms with Crippen LogP contribution in [0.2, 0.25) is 0 Å². The molecule has 144 valence electrons. The second-order valence-electron chi connectivity index (χ2n) is 8.41. The van der Waals surface area contributed by atoms with Gasteiger partial charge in [0.2, 0.25) is 11.8 Å². The number of rotatable bonds is 3. The summed E-state index contributed by atoms with van der Waals surface area (Å²) in [6, 6.07) is 16.7. The molecule has 0 bridgehead atoms. The minimum absolute atomic E-state index is 0.178. The van der Waals surface area contributed by atoms with E-state index in [-0.39, 0.29) is 18.2 Å². The number of hydrogen-bond acceptors (Lipinski definition) is 4. The largest absolute Gasteiger partial charge is 0.494 e. The summed E-state index contributed by atoms with van der Waals surface area (Å²) in [7, 11) is -0.471. The van der Waals surface area contributed by atoms with E-state index in [0.717, 1.165) is 11.0 Å². The maximum Gasteiger partial charge on any atom is 0.494 e. The Morgan fingerprint density at radius 3 is 2.04 bits per heavy atom. The fraction of sp³-hybridized carbons (Fsp3) is 0.364. The number of benzene rings is 2. The lowest BCUT2D eigenvalue weighted by Gasteiger charge is -2.32. The molecule has 0 aromatic heterocycles. The lowest BCUT2D eigenvalue weighted by atomic mass is 9.79. The standard InChI is InChI=1S/C22H24BNO4/c1-21(2)22(3,4)28-23(27-21)16-10-12-17(13-11-16)24-19(25)14-18(20(24)26)15-8-6-5-7-9-15/h5-13,18H,14H2,1-4H3. The molecule has 6 heteroatoms. The lowest BCUT2D eigenvalue weighted by molar-refractivity contribution is -0.121. The summed E-state index contributed by atoms with van der Waals surface area (Å²) in [5.74, 6) is -0.779. The maximum absolute atomic E-state index is 12.9. The maximum atomic E-state index is 12.9. The molecule has 1 atom stereocenters. The van der Waals surface area contributed by atoms with Gasteiger partial charge in [-0.3, -0.25) is 14.5 Å². The highest BCUT2D eigenvalue weighted by Crippen LogP contribution is 2.37. The highest BCUT2D eigenvalue weighted by atomic mass is 16.7. The van der Waals surface area contributed by atoms with E-state index in [2.05, 4.69) is 0 Å². The van der Waals surface area contributed by atoms with Crippen LogP contribution in [0.3, 0.4) is 0 Å². The van der Waals surface area contributed by atoms with Crippen molar-refractivity contribution in [2.45, 2.75) is 51.2 Å². The molecule has 2 saturated heterocycles. The van der Waals surface area contributed by atoms with Crippen molar-refractivity contribution in [3.8, 4) is 0 Å². The first-order chi connectivity index (χ1) is 13.2. The summed E-state index contributed by atoms with van der Waals surface area (Å²) in [6.45, 7) is 8.03. The van der Waals surface area contributed by atoms with Gasteiger partial charge in [-0.2, -0.15) is 0 Å². The van der Waals surface area contributed by atoms with Crippen molar-refractivity contribution in [2.24, 2.45) is 0 Å². The minimum atomic E-state index is -0.471. The molecule has 0 N–H and O–H groups in total. The third kappa shape index (κ3) is 3.07. The Balaban J connectivity index is 1.55. The van der Waals surface area contributed by atoms with Gasteiger partial charge in [-0.25, -0.2) is 0 Å². The smallest absolute Gasteiger partial charge is 0.399 e. The Kier molecular flexibility index (Phi) is 4.44. The van der Waals surface area contributed by atoms with Crippen LogP contribution in [0.5, 0.6) is 0 Å². The highest BCUT2D eigenvalue weighted by molar-refractivity contribution is 6.62. The van der Waals surface area contributed by atoms with E-state index in [4.69, 9.17) is 9.31 Å². The van der Waals surface area contributed by atoms with Crippen LogP contribution in [-0.4, -0.2) is 30.1 Å². The van der Waals surface area contributed by atoms with Gasteiger partial charge in [-0.15, -0.1) is 0 Å². The topological polar surface area (TPSA) is 55.8 Å². The molecule has 0 spiro atoms. The van der Waals surface area contributed by atoms with Crippen LogP contribution in [0.4, 0.5) is 5.69 Å². The number of hydrogen-bond donors (Lipinski definition) is 0. The molecular formula is C22H24BNO4. The Bertz CT molecular complexity index is 892. The fourth-order valence-corrected chi connectivity index (χ4v) is 3.61. The number of anilines is 1. The fourth-order valence-electron chi connectivity index (χ4n) is 3.61. The van der Waals surface area contributed by atoms with Gasteiger partial charge < -0.3 is 9.31 Å². The van der Waals surface area contributed by atoms with Crippen LogP contribution in [0, 0.1) is 0 Å². The first-order valence-electron chi connectivity index (χ1n) is 9.57. The number of nitrogens with zero attached hydrogens (tertiary/aromatic N) is 1. The van der Waals surface area contributed by atoms with E-state index >= 15 is 0 Å². The van der Waals surface area contributed by atoms with Crippen molar-refractivity contribution < 1.29 is 18.9 Å². The van der Waals surface area contributed by atoms with Crippen LogP contribution < -0.4 is 10.4 Å². The molecule has 2 aromatic rings. The average Bonchev–Trinajstić information content (AvgIpc) is 3.07. The third-order valence-corrected chi connectivity index (χ3v) is 6.03. The SMILES string of the molecule is CC1(C)OB(c2ccc(N3C(=O)CC(c4ccccc4)C3=O)cc2)OC1(C)C. The number of carbonyl (C=O) groups excluding carboxylic acids is 2. The van der Waals surface area contributed by atoms with Crippen molar-refractivity contribution in [3.63, 3.8) is 0 Å². The molecule has 0 saturated carbocycles. The number of carbonyl (C=O) groups is 2. The van der Waals surface area contributed by atoms with Gasteiger partial charge in [0.25, 0.3) is 0 Å². The minimum Gasteiger partial charge on any atom is -0.399 e. The molecular weight excluding hydrogens is 353 g/mol. The molecule has 2 fully saturated rings. The third-order valence-electron chi connectivity index (χ3n) is 6.03. The Morgan fingerprint density at radius 1 is 0.893 bits per heavy atom. The Hall–Kier alpha value is -2.44. The molecule has 4 rings (SSSR count). The molecule has 2 heterocycles. The summed E-state index contributed by atoms with van der Waals surface area (Å²) >= 11 is 0. The van der Waals surface area contributed by atoms with E-state index in [1.54, 1.807) is 12.1 Å². The molecule has 5 nitrogen and oxygen atoms in total. The van der Waals surface area contributed by atoms with Crippen molar-refractivity contribution in [3.05, 3.63) is 60.2 Å². The van der Waals surface area contributed by atoms with Gasteiger partial charge in [0.05, 0.1) is 22.8 Å². The van der Waals surface area contributed by atoms with Gasteiger partial charge in [0.15, 0.2) is 0 Å². The summed E-state index contributed by atoms with van der Waals surface area (Å²) in [4.78, 5) is 26.7. The predicted molar refractivity (Wildman–Crippen MR) is 108 cm³/mol. The average molecular weight is 377 g/mol. The molecule has 1 unspecified atom stereocenters. The molecule has 2 amide bonds. The molecule has 2 aliphatic heterocycles. The quantitative estimate of drug-likeness (QED) is 0.610. The van der Waals surface area contributed by atoms with E-state index in [1.807, 2.05) is 70.2 Å². The summed E-state index contributed by atoms with van der Waals surface area (Å²) in [5.41, 5.74) is 1.48. The van der Waals surface area contributed by atoms with E-state index in [0.29, 0.717) is 5.69 Å². The van der Waals surface area contributed by atoms with Crippen molar-refractivity contribution in [1.82, 2.24) is 0 Å². The van der Waals surface area contributed by atoms with Gasteiger partial charge in [-0.05, 0) is 50.9 Å². The molecule has 28 heavy (non-hydrogen) atoms. The molecule has 0 aliphatic carbocycles. The van der Waals surface area contributed by atoms with Crippen LogP contribution in [0.15, 0.2) is 54.6 Å². The molecule has 2 aromatic carbocycles. The van der Waals surface area contributed by atoms with E-state index < -0.39 is 24.2 Å². The van der Waals surface area contributed by atoms with Crippen LogP contribution in [-0.2, 0) is 18.9 Å². The van der Waals surface area contributed by atoms with E-state index in [1.165, 1.54) is 4.90 Å². The zero-order chi connectivity index (χ0) is 20.1. The van der Waals surface area contributed by atoms with Crippen molar-refractivity contribution in [2.75, 3.05) is 4.90 Å². The normalized spacial score (nSPS) is 23.5.